The van der Waals surface area contributed by atoms with Gasteiger partial charge in [0.05, 0.1) is 0 Å². The zero-order chi connectivity index (χ0) is 15.2. The maximum atomic E-state index is 11.9. The molecular formula is C16H21ClN4O. The fraction of sp³-hybridized carbons (Fsp3) is 0.312. The van der Waals surface area contributed by atoms with E-state index >= 15 is 0 Å². The monoisotopic (exact) mass is 320 g/mol. The van der Waals surface area contributed by atoms with Crippen LogP contribution in [-0.4, -0.2) is 29.5 Å². The standard InChI is InChI=1S/C16H20N4O.ClH/c1-11(10-17-3)16(21)20-14-6-4-13(5-7-14)15-18-9-8-12(2)19-15;/h4-9,11,17H,10H2,1-3H3,(H,20,21);1H. The molecule has 1 atom stereocenters. The molecule has 118 valence electrons. The molecule has 0 fully saturated rings. The third-order valence-corrected chi connectivity index (χ3v) is 3.16. The number of aryl methyl sites for hydroxylation is 1. The summed E-state index contributed by atoms with van der Waals surface area (Å²) in [5, 5.41) is 5.89. The average Bonchev–Trinajstić information content (AvgIpc) is 2.48. The van der Waals surface area contributed by atoms with Crippen LogP contribution in [0.1, 0.15) is 12.6 Å². The molecule has 5 nitrogen and oxygen atoms in total. The fourth-order valence-corrected chi connectivity index (χ4v) is 1.95. The minimum atomic E-state index is -0.0743. The molecule has 22 heavy (non-hydrogen) atoms. The second kappa shape index (κ2) is 8.46. The molecule has 6 heteroatoms. The highest BCUT2D eigenvalue weighted by Crippen LogP contribution is 2.18. The molecule has 0 aliphatic rings. The SMILES string of the molecule is CNCC(C)C(=O)Nc1ccc(-c2nccc(C)n2)cc1.Cl. The number of rotatable bonds is 5. The number of carbonyl (C=O) groups is 1. The van der Waals surface area contributed by atoms with Gasteiger partial charge in [0.15, 0.2) is 5.82 Å². The molecule has 1 aromatic carbocycles. The highest BCUT2D eigenvalue weighted by molar-refractivity contribution is 5.92. The first-order chi connectivity index (χ1) is 10.1. The van der Waals surface area contributed by atoms with E-state index in [1.807, 2.05) is 51.2 Å². The molecule has 0 spiro atoms. The predicted octanol–water partition coefficient (Wildman–Crippen LogP) is 2.67. The highest BCUT2D eigenvalue weighted by Gasteiger charge is 2.11. The van der Waals surface area contributed by atoms with E-state index in [0.717, 1.165) is 16.9 Å². The maximum absolute atomic E-state index is 11.9. The van der Waals surface area contributed by atoms with E-state index in [1.165, 1.54) is 0 Å². The third kappa shape index (κ3) is 4.79. The van der Waals surface area contributed by atoms with Crippen LogP contribution in [0, 0.1) is 12.8 Å². The zero-order valence-corrected chi connectivity index (χ0v) is 13.8. The first-order valence-electron chi connectivity index (χ1n) is 6.95. The number of nitrogens with one attached hydrogen (secondary N) is 2. The number of aromatic nitrogens is 2. The molecule has 1 unspecified atom stereocenters. The molecule has 0 aliphatic heterocycles. The van der Waals surface area contributed by atoms with Gasteiger partial charge >= 0.3 is 0 Å². The van der Waals surface area contributed by atoms with Gasteiger partial charge in [-0.25, -0.2) is 9.97 Å². The van der Waals surface area contributed by atoms with Crippen LogP contribution in [0.3, 0.4) is 0 Å². The number of anilines is 1. The van der Waals surface area contributed by atoms with E-state index in [9.17, 15) is 4.79 Å². The highest BCUT2D eigenvalue weighted by atomic mass is 35.5. The minimum Gasteiger partial charge on any atom is -0.326 e. The molecule has 0 radical (unpaired) electrons. The van der Waals surface area contributed by atoms with Crippen LogP contribution in [0.15, 0.2) is 36.5 Å². The van der Waals surface area contributed by atoms with E-state index in [-0.39, 0.29) is 24.2 Å². The summed E-state index contributed by atoms with van der Waals surface area (Å²) >= 11 is 0. The summed E-state index contributed by atoms with van der Waals surface area (Å²) in [4.78, 5) is 20.6. The smallest absolute Gasteiger partial charge is 0.228 e. The van der Waals surface area contributed by atoms with Crippen molar-refractivity contribution in [2.45, 2.75) is 13.8 Å². The van der Waals surface area contributed by atoms with Gasteiger partial charge in [-0.2, -0.15) is 0 Å². The van der Waals surface area contributed by atoms with Crippen LogP contribution in [0.5, 0.6) is 0 Å². The quantitative estimate of drug-likeness (QED) is 0.889. The molecule has 0 saturated carbocycles. The Balaban J connectivity index is 0.00000242. The lowest BCUT2D eigenvalue weighted by molar-refractivity contribution is -0.119. The molecule has 2 rings (SSSR count). The molecule has 1 heterocycles. The van der Waals surface area contributed by atoms with Gasteiger partial charge in [0.2, 0.25) is 5.91 Å². The predicted molar refractivity (Wildman–Crippen MR) is 91.2 cm³/mol. The van der Waals surface area contributed by atoms with Gasteiger partial charge in [-0.3, -0.25) is 4.79 Å². The van der Waals surface area contributed by atoms with Crippen molar-refractivity contribution in [1.82, 2.24) is 15.3 Å². The topological polar surface area (TPSA) is 66.9 Å². The Kier molecular flexibility index (Phi) is 6.95. The number of halogens is 1. The summed E-state index contributed by atoms with van der Waals surface area (Å²) in [6, 6.07) is 9.41. The van der Waals surface area contributed by atoms with Crippen LogP contribution in [0.25, 0.3) is 11.4 Å². The number of amides is 1. The largest absolute Gasteiger partial charge is 0.326 e. The van der Waals surface area contributed by atoms with E-state index < -0.39 is 0 Å². The summed E-state index contributed by atoms with van der Waals surface area (Å²) in [7, 11) is 1.83. The van der Waals surface area contributed by atoms with Crippen molar-refractivity contribution in [3.63, 3.8) is 0 Å². The molecule has 0 saturated heterocycles. The lowest BCUT2D eigenvalue weighted by atomic mass is 10.1. The Bertz CT molecular complexity index is 616. The third-order valence-electron chi connectivity index (χ3n) is 3.16. The average molecular weight is 321 g/mol. The molecular weight excluding hydrogens is 300 g/mol. The second-order valence-electron chi connectivity index (χ2n) is 5.05. The van der Waals surface area contributed by atoms with Crippen LogP contribution in [0.4, 0.5) is 5.69 Å². The van der Waals surface area contributed by atoms with Gasteiger partial charge in [-0.15, -0.1) is 12.4 Å². The molecule has 1 aromatic heterocycles. The number of nitrogens with zero attached hydrogens (tertiary/aromatic N) is 2. The van der Waals surface area contributed by atoms with Crippen molar-refractivity contribution >= 4 is 24.0 Å². The Morgan fingerprint density at radius 3 is 2.50 bits per heavy atom. The molecule has 0 aliphatic carbocycles. The van der Waals surface area contributed by atoms with Gasteiger partial charge < -0.3 is 10.6 Å². The van der Waals surface area contributed by atoms with Gasteiger partial charge in [0, 0.05) is 35.6 Å². The van der Waals surface area contributed by atoms with Gasteiger partial charge in [-0.05, 0) is 44.3 Å². The Labute approximate surface area is 137 Å². The van der Waals surface area contributed by atoms with Crippen LogP contribution >= 0.6 is 12.4 Å². The van der Waals surface area contributed by atoms with Crippen LogP contribution in [-0.2, 0) is 4.79 Å². The van der Waals surface area contributed by atoms with E-state index in [2.05, 4.69) is 20.6 Å². The summed E-state index contributed by atoms with van der Waals surface area (Å²) in [6.45, 7) is 4.48. The van der Waals surface area contributed by atoms with Crippen molar-refractivity contribution < 1.29 is 4.79 Å². The van der Waals surface area contributed by atoms with Crippen molar-refractivity contribution in [2.75, 3.05) is 18.9 Å². The molecule has 2 aromatic rings. The number of hydrogen-bond donors (Lipinski definition) is 2. The summed E-state index contributed by atoms with van der Waals surface area (Å²) in [6.07, 6.45) is 1.74. The van der Waals surface area contributed by atoms with Crippen molar-refractivity contribution in [3.05, 3.63) is 42.2 Å². The van der Waals surface area contributed by atoms with Crippen LogP contribution < -0.4 is 10.6 Å². The fourth-order valence-electron chi connectivity index (χ4n) is 1.95. The summed E-state index contributed by atoms with van der Waals surface area (Å²) in [5.74, 6) is 0.620. The van der Waals surface area contributed by atoms with E-state index in [0.29, 0.717) is 12.4 Å². The van der Waals surface area contributed by atoms with E-state index in [1.54, 1.807) is 6.20 Å². The summed E-state index contributed by atoms with van der Waals surface area (Å²) in [5.41, 5.74) is 2.64. The van der Waals surface area contributed by atoms with Crippen molar-refractivity contribution in [1.29, 1.82) is 0 Å². The molecule has 1 amide bonds. The van der Waals surface area contributed by atoms with Crippen molar-refractivity contribution in [3.8, 4) is 11.4 Å². The molecule has 2 N–H and O–H groups in total. The Morgan fingerprint density at radius 1 is 1.23 bits per heavy atom. The summed E-state index contributed by atoms with van der Waals surface area (Å²) < 4.78 is 0. The van der Waals surface area contributed by atoms with Crippen molar-refractivity contribution in [2.24, 2.45) is 5.92 Å². The van der Waals surface area contributed by atoms with Gasteiger partial charge in [-0.1, -0.05) is 6.92 Å². The normalized spacial score (nSPS) is 11.4. The maximum Gasteiger partial charge on any atom is 0.228 e. The lowest BCUT2D eigenvalue weighted by Gasteiger charge is -2.11. The number of benzene rings is 1. The van der Waals surface area contributed by atoms with Gasteiger partial charge in [0.25, 0.3) is 0 Å². The minimum absolute atomic E-state index is 0. The zero-order valence-electron chi connectivity index (χ0n) is 13.0. The molecule has 0 bridgehead atoms. The first kappa shape index (κ1) is 18.1. The Morgan fingerprint density at radius 2 is 1.91 bits per heavy atom. The van der Waals surface area contributed by atoms with Gasteiger partial charge in [0.1, 0.15) is 0 Å². The number of hydrogen-bond acceptors (Lipinski definition) is 4. The van der Waals surface area contributed by atoms with Crippen LogP contribution in [0.2, 0.25) is 0 Å². The number of carbonyl (C=O) groups excluding carboxylic acids is 1. The van der Waals surface area contributed by atoms with E-state index in [4.69, 9.17) is 0 Å². The lowest BCUT2D eigenvalue weighted by Crippen LogP contribution is -2.28. The Hall–Kier alpha value is -1.98. The second-order valence-corrected chi connectivity index (χ2v) is 5.05. The first-order valence-corrected chi connectivity index (χ1v) is 6.95.